The third kappa shape index (κ3) is 4.56. The zero-order valence-electron chi connectivity index (χ0n) is 12.7. The topological polar surface area (TPSA) is 76.4 Å². The fourth-order valence-electron chi connectivity index (χ4n) is 1.97. The monoisotopic (exact) mass is 343 g/mol. The first-order chi connectivity index (χ1) is 11.3. The van der Waals surface area contributed by atoms with Crippen LogP contribution in [0.2, 0.25) is 0 Å². The maximum absolute atomic E-state index is 12.6. The summed E-state index contributed by atoms with van der Waals surface area (Å²) in [6, 6.07) is 6.84. The molecule has 0 saturated heterocycles. The zero-order chi connectivity index (χ0) is 17.7. The summed E-state index contributed by atoms with van der Waals surface area (Å²) in [7, 11) is 1.42. The number of benzene rings is 1. The second-order valence-electron chi connectivity index (χ2n) is 5.01. The van der Waals surface area contributed by atoms with Crippen molar-refractivity contribution in [3.63, 3.8) is 0 Å². The summed E-state index contributed by atoms with van der Waals surface area (Å²) in [4.78, 5) is 12.0. The Bertz CT molecular complexity index is 701. The Hall–Kier alpha value is -2.39. The average Bonchev–Trinajstić information content (AvgIpc) is 3.03. The number of hydrogen-bond donors (Lipinski definition) is 2. The molecule has 24 heavy (non-hydrogen) atoms. The molecule has 0 aliphatic rings. The molecule has 6 nitrogen and oxygen atoms in total. The van der Waals surface area contributed by atoms with Gasteiger partial charge in [-0.05, 0) is 24.3 Å². The van der Waals surface area contributed by atoms with E-state index in [9.17, 15) is 23.1 Å². The van der Waals surface area contributed by atoms with Crippen molar-refractivity contribution in [2.24, 2.45) is 0 Å². The second-order valence-corrected chi connectivity index (χ2v) is 5.01. The van der Waals surface area contributed by atoms with Gasteiger partial charge in [-0.15, -0.1) is 0 Å². The van der Waals surface area contributed by atoms with Crippen LogP contribution in [0.3, 0.4) is 0 Å². The van der Waals surface area contributed by atoms with E-state index in [2.05, 4.69) is 10.4 Å². The van der Waals surface area contributed by atoms with E-state index in [0.29, 0.717) is 5.69 Å². The molecule has 0 aliphatic heterocycles. The molecule has 0 bridgehead atoms. The molecule has 2 rings (SSSR count). The van der Waals surface area contributed by atoms with Crippen LogP contribution in [0.15, 0.2) is 36.5 Å². The van der Waals surface area contributed by atoms with E-state index >= 15 is 0 Å². The predicted molar refractivity (Wildman–Crippen MR) is 78.8 cm³/mol. The molecule has 0 spiro atoms. The Morgan fingerprint density at radius 1 is 1.42 bits per heavy atom. The van der Waals surface area contributed by atoms with Crippen molar-refractivity contribution in [1.82, 2.24) is 15.1 Å². The maximum Gasteiger partial charge on any atom is 0.435 e. The normalized spacial score (nSPS) is 12.9. The number of nitrogens with zero attached hydrogens (tertiary/aromatic N) is 2. The fourth-order valence-corrected chi connectivity index (χ4v) is 1.97. The first-order valence-corrected chi connectivity index (χ1v) is 7.00. The first-order valence-electron chi connectivity index (χ1n) is 7.00. The largest absolute Gasteiger partial charge is 0.435 e. The highest BCUT2D eigenvalue weighted by atomic mass is 19.4. The van der Waals surface area contributed by atoms with Gasteiger partial charge in [-0.1, -0.05) is 6.07 Å². The SMILES string of the molecule is COCC(O)CNC(=O)c1cccc(-n2ccc(C(F)(F)F)n2)c1. The molecule has 1 atom stereocenters. The number of halogens is 3. The highest BCUT2D eigenvalue weighted by Gasteiger charge is 2.33. The van der Waals surface area contributed by atoms with Gasteiger partial charge < -0.3 is 15.2 Å². The van der Waals surface area contributed by atoms with Gasteiger partial charge >= 0.3 is 6.18 Å². The molecular weight excluding hydrogens is 327 g/mol. The minimum atomic E-state index is -4.53. The molecule has 130 valence electrons. The standard InChI is InChI=1S/C15H16F3N3O3/c1-24-9-12(22)8-19-14(23)10-3-2-4-11(7-10)21-6-5-13(20-21)15(16,17)18/h2-7,12,22H,8-9H2,1H3,(H,19,23). The molecule has 1 amide bonds. The van der Waals surface area contributed by atoms with E-state index in [0.717, 1.165) is 10.7 Å². The van der Waals surface area contributed by atoms with Crippen molar-refractivity contribution in [2.45, 2.75) is 12.3 Å². The van der Waals surface area contributed by atoms with Gasteiger partial charge in [0.05, 0.1) is 18.4 Å². The van der Waals surface area contributed by atoms with Crippen LogP contribution in [0.4, 0.5) is 13.2 Å². The van der Waals surface area contributed by atoms with Crippen molar-refractivity contribution >= 4 is 5.91 Å². The van der Waals surface area contributed by atoms with Crippen LogP contribution in [0.25, 0.3) is 5.69 Å². The Kier molecular flexibility index (Phi) is 5.58. The van der Waals surface area contributed by atoms with E-state index in [4.69, 9.17) is 4.74 Å². The smallest absolute Gasteiger partial charge is 0.389 e. The lowest BCUT2D eigenvalue weighted by atomic mass is 10.2. The summed E-state index contributed by atoms with van der Waals surface area (Å²) in [5.74, 6) is -0.463. The van der Waals surface area contributed by atoms with Crippen molar-refractivity contribution < 1.29 is 27.8 Å². The van der Waals surface area contributed by atoms with Crippen LogP contribution in [0.1, 0.15) is 16.1 Å². The number of carbonyl (C=O) groups excluding carboxylic acids is 1. The molecule has 1 heterocycles. The fraction of sp³-hybridized carbons (Fsp3) is 0.333. The van der Waals surface area contributed by atoms with E-state index in [1.54, 1.807) is 0 Å². The van der Waals surface area contributed by atoms with Gasteiger partial charge in [-0.3, -0.25) is 4.79 Å². The second kappa shape index (κ2) is 7.45. The molecule has 1 aromatic carbocycles. The van der Waals surface area contributed by atoms with Crippen molar-refractivity contribution in [2.75, 3.05) is 20.3 Å². The predicted octanol–water partition coefficient (Wildman–Crippen LogP) is 1.63. The number of aliphatic hydroxyl groups is 1. The number of alkyl halides is 3. The number of carbonyl (C=O) groups is 1. The molecule has 0 saturated carbocycles. The van der Waals surface area contributed by atoms with Gasteiger partial charge in [0.25, 0.3) is 5.91 Å². The molecule has 0 radical (unpaired) electrons. The van der Waals surface area contributed by atoms with Crippen LogP contribution in [-0.2, 0) is 10.9 Å². The zero-order valence-corrected chi connectivity index (χ0v) is 12.7. The van der Waals surface area contributed by atoms with Gasteiger partial charge in [-0.25, -0.2) is 4.68 Å². The molecule has 2 aromatic rings. The third-order valence-corrected chi connectivity index (χ3v) is 3.11. The molecule has 1 unspecified atom stereocenters. The van der Waals surface area contributed by atoms with E-state index < -0.39 is 23.9 Å². The molecular formula is C15H16F3N3O3. The van der Waals surface area contributed by atoms with Gasteiger partial charge in [-0.2, -0.15) is 18.3 Å². The summed E-state index contributed by atoms with van der Waals surface area (Å²) in [5.41, 5.74) is -0.461. The number of nitrogens with one attached hydrogen (secondary N) is 1. The van der Waals surface area contributed by atoms with Gasteiger partial charge in [0.15, 0.2) is 5.69 Å². The van der Waals surface area contributed by atoms with Gasteiger partial charge in [0.2, 0.25) is 0 Å². The summed E-state index contributed by atoms with van der Waals surface area (Å²) in [6.45, 7) is 0.0741. The Morgan fingerprint density at radius 2 is 2.17 bits per heavy atom. The minimum Gasteiger partial charge on any atom is -0.389 e. The number of aliphatic hydroxyl groups excluding tert-OH is 1. The number of rotatable bonds is 6. The lowest BCUT2D eigenvalue weighted by molar-refractivity contribution is -0.141. The van der Waals surface area contributed by atoms with Crippen LogP contribution in [0, 0.1) is 0 Å². The maximum atomic E-state index is 12.6. The summed E-state index contributed by atoms with van der Waals surface area (Å²) < 4.78 is 43.6. The summed E-state index contributed by atoms with van der Waals surface area (Å²) in [6.07, 6.45) is -4.21. The molecule has 2 N–H and O–H groups in total. The van der Waals surface area contributed by atoms with E-state index in [-0.39, 0.29) is 18.7 Å². The first kappa shape index (κ1) is 18.0. The molecule has 1 aromatic heterocycles. The summed E-state index contributed by atoms with van der Waals surface area (Å²) >= 11 is 0. The van der Waals surface area contributed by atoms with Crippen LogP contribution < -0.4 is 5.32 Å². The van der Waals surface area contributed by atoms with E-state index in [1.807, 2.05) is 0 Å². The number of methoxy groups -OCH3 is 1. The van der Waals surface area contributed by atoms with Crippen LogP contribution >= 0.6 is 0 Å². The molecule has 0 aliphatic carbocycles. The number of aromatic nitrogens is 2. The third-order valence-electron chi connectivity index (χ3n) is 3.11. The van der Waals surface area contributed by atoms with Crippen molar-refractivity contribution in [3.05, 3.63) is 47.8 Å². The Morgan fingerprint density at radius 3 is 2.79 bits per heavy atom. The van der Waals surface area contributed by atoms with Gasteiger partial charge in [0.1, 0.15) is 0 Å². The average molecular weight is 343 g/mol. The quantitative estimate of drug-likeness (QED) is 0.836. The van der Waals surface area contributed by atoms with Crippen molar-refractivity contribution in [1.29, 1.82) is 0 Å². The van der Waals surface area contributed by atoms with Crippen LogP contribution in [-0.4, -0.2) is 47.2 Å². The number of hydrogen-bond acceptors (Lipinski definition) is 4. The number of amides is 1. The Labute approximate surface area is 135 Å². The van der Waals surface area contributed by atoms with Crippen LogP contribution in [0.5, 0.6) is 0 Å². The minimum absolute atomic E-state index is 0.00308. The lowest BCUT2D eigenvalue weighted by Crippen LogP contribution is -2.34. The summed E-state index contributed by atoms with van der Waals surface area (Å²) in [5, 5.41) is 15.5. The lowest BCUT2D eigenvalue weighted by Gasteiger charge is -2.11. The van der Waals surface area contributed by atoms with Gasteiger partial charge in [0, 0.05) is 25.4 Å². The van der Waals surface area contributed by atoms with E-state index in [1.165, 1.54) is 37.6 Å². The highest BCUT2D eigenvalue weighted by molar-refractivity contribution is 5.94. The molecule has 9 heteroatoms. The number of ether oxygens (including phenoxy) is 1. The molecule has 0 fully saturated rings. The Balaban J connectivity index is 2.11. The highest BCUT2D eigenvalue weighted by Crippen LogP contribution is 2.27. The van der Waals surface area contributed by atoms with Crippen molar-refractivity contribution in [3.8, 4) is 5.69 Å².